The van der Waals surface area contributed by atoms with Crippen LogP contribution in [0.2, 0.25) is 0 Å². The molecular formula is C22H19F3N4O2. The van der Waals surface area contributed by atoms with Gasteiger partial charge < -0.3 is 14.8 Å². The molecule has 31 heavy (non-hydrogen) atoms. The third-order valence-electron chi connectivity index (χ3n) is 5.29. The zero-order valence-electron chi connectivity index (χ0n) is 16.8. The minimum absolute atomic E-state index is 0.170. The Morgan fingerprint density at radius 3 is 2.52 bits per heavy atom. The SMILES string of the molecule is Cc1ncccc1NC(=O)c1ccn2c1C(=O)N(c1ccc(C(F)(F)F)cc1)C[C@@H]2C. The number of rotatable bonds is 3. The number of amides is 2. The van der Waals surface area contributed by atoms with Crippen molar-refractivity contribution in [2.24, 2.45) is 0 Å². The number of carbonyl (C=O) groups excluding carboxylic acids is 2. The molecule has 3 aromatic rings. The molecule has 1 aliphatic rings. The first kappa shape index (κ1) is 20.6. The number of aromatic nitrogens is 2. The van der Waals surface area contributed by atoms with Crippen LogP contribution in [0, 0.1) is 6.92 Å². The first-order chi connectivity index (χ1) is 14.7. The molecule has 1 aliphatic heterocycles. The van der Waals surface area contributed by atoms with E-state index < -0.39 is 23.6 Å². The Hall–Kier alpha value is -3.62. The van der Waals surface area contributed by atoms with E-state index in [1.165, 1.54) is 17.0 Å². The smallest absolute Gasteiger partial charge is 0.338 e. The molecule has 0 aliphatic carbocycles. The van der Waals surface area contributed by atoms with Gasteiger partial charge in [-0.25, -0.2) is 0 Å². The quantitative estimate of drug-likeness (QED) is 0.659. The van der Waals surface area contributed by atoms with Gasteiger partial charge in [-0.3, -0.25) is 14.6 Å². The Bertz CT molecular complexity index is 1150. The summed E-state index contributed by atoms with van der Waals surface area (Å²) in [6.45, 7) is 3.90. The number of fused-ring (bicyclic) bond motifs is 1. The van der Waals surface area contributed by atoms with Crippen molar-refractivity contribution in [2.45, 2.75) is 26.1 Å². The Morgan fingerprint density at radius 1 is 1.16 bits per heavy atom. The van der Waals surface area contributed by atoms with E-state index in [9.17, 15) is 22.8 Å². The van der Waals surface area contributed by atoms with Crippen molar-refractivity contribution < 1.29 is 22.8 Å². The summed E-state index contributed by atoms with van der Waals surface area (Å²) in [5.41, 5.74) is 1.10. The Labute approximate surface area is 176 Å². The molecule has 6 nitrogen and oxygen atoms in total. The van der Waals surface area contributed by atoms with E-state index >= 15 is 0 Å². The summed E-state index contributed by atoms with van der Waals surface area (Å²) in [7, 11) is 0. The highest BCUT2D eigenvalue weighted by molar-refractivity contribution is 6.16. The van der Waals surface area contributed by atoms with E-state index in [-0.39, 0.29) is 23.8 Å². The molecule has 0 saturated carbocycles. The van der Waals surface area contributed by atoms with Crippen molar-refractivity contribution in [2.75, 3.05) is 16.8 Å². The van der Waals surface area contributed by atoms with E-state index in [2.05, 4.69) is 10.3 Å². The van der Waals surface area contributed by atoms with E-state index in [0.717, 1.165) is 12.1 Å². The molecule has 1 N–H and O–H groups in total. The maximum absolute atomic E-state index is 13.2. The number of carbonyl (C=O) groups is 2. The third kappa shape index (κ3) is 3.78. The highest BCUT2D eigenvalue weighted by Gasteiger charge is 2.35. The fourth-order valence-corrected chi connectivity index (χ4v) is 3.65. The zero-order chi connectivity index (χ0) is 22.3. The fourth-order valence-electron chi connectivity index (χ4n) is 3.65. The molecule has 4 rings (SSSR count). The number of hydrogen-bond acceptors (Lipinski definition) is 3. The minimum atomic E-state index is -4.46. The van der Waals surface area contributed by atoms with Crippen LogP contribution in [0.5, 0.6) is 0 Å². The van der Waals surface area contributed by atoms with Crippen LogP contribution in [0.3, 0.4) is 0 Å². The fraction of sp³-hybridized carbons (Fsp3) is 0.227. The largest absolute Gasteiger partial charge is 0.416 e. The summed E-state index contributed by atoms with van der Waals surface area (Å²) < 4.78 is 40.3. The Balaban J connectivity index is 1.66. The molecule has 1 atom stereocenters. The van der Waals surface area contributed by atoms with Gasteiger partial charge in [-0.05, 0) is 56.3 Å². The molecule has 2 amide bonds. The van der Waals surface area contributed by atoms with Crippen LogP contribution in [0.15, 0.2) is 54.9 Å². The van der Waals surface area contributed by atoms with Crippen LogP contribution < -0.4 is 10.2 Å². The first-order valence-electron chi connectivity index (χ1n) is 9.59. The predicted molar refractivity (Wildman–Crippen MR) is 109 cm³/mol. The number of pyridine rings is 1. The molecule has 1 aromatic carbocycles. The number of benzene rings is 1. The maximum Gasteiger partial charge on any atom is 0.416 e. The second-order valence-electron chi connectivity index (χ2n) is 7.39. The summed E-state index contributed by atoms with van der Waals surface area (Å²) in [5.74, 6) is -0.907. The average molecular weight is 428 g/mol. The molecule has 0 fully saturated rings. The minimum Gasteiger partial charge on any atom is -0.338 e. The van der Waals surface area contributed by atoms with Crippen molar-refractivity contribution >= 4 is 23.2 Å². The van der Waals surface area contributed by atoms with Gasteiger partial charge in [0.05, 0.1) is 22.5 Å². The van der Waals surface area contributed by atoms with Gasteiger partial charge in [0.2, 0.25) is 0 Å². The van der Waals surface area contributed by atoms with Crippen molar-refractivity contribution in [3.63, 3.8) is 0 Å². The topological polar surface area (TPSA) is 67.2 Å². The lowest BCUT2D eigenvalue weighted by atomic mass is 10.1. The molecule has 0 radical (unpaired) electrons. The monoisotopic (exact) mass is 428 g/mol. The number of aryl methyl sites for hydroxylation is 1. The van der Waals surface area contributed by atoms with Gasteiger partial charge in [0.1, 0.15) is 5.69 Å². The number of halogens is 3. The Morgan fingerprint density at radius 2 is 1.87 bits per heavy atom. The van der Waals surface area contributed by atoms with Crippen molar-refractivity contribution in [3.8, 4) is 0 Å². The molecule has 2 aromatic heterocycles. The summed E-state index contributed by atoms with van der Waals surface area (Å²) in [4.78, 5) is 31.7. The van der Waals surface area contributed by atoms with Crippen molar-refractivity contribution in [3.05, 3.63) is 77.4 Å². The van der Waals surface area contributed by atoms with E-state index in [1.54, 1.807) is 42.1 Å². The second kappa shape index (κ2) is 7.57. The number of nitrogens with one attached hydrogen (secondary N) is 1. The van der Waals surface area contributed by atoms with Gasteiger partial charge in [-0.2, -0.15) is 13.2 Å². The lowest BCUT2D eigenvalue weighted by Crippen LogP contribution is -2.43. The van der Waals surface area contributed by atoms with Crippen LogP contribution in [0.4, 0.5) is 24.5 Å². The van der Waals surface area contributed by atoms with Crippen molar-refractivity contribution in [1.29, 1.82) is 0 Å². The van der Waals surface area contributed by atoms with E-state index in [1.807, 2.05) is 6.92 Å². The lowest BCUT2D eigenvalue weighted by Gasteiger charge is -2.33. The van der Waals surface area contributed by atoms with Gasteiger partial charge in [0, 0.05) is 30.7 Å². The lowest BCUT2D eigenvalue weighted by molar-refractivity contribution is -0.137. The normalized spacial score (nSPS) is 16.2. The molecule has 160 valence electrons. The first-order valence-corrected chi connectivity index (χ1v) is 9.59. The zero-order valence-corrected chi connectivity index (χ0v) is 16.8. The van der Waals surface area contributed by atoms with Crippen molar-refractivity contribution in [1.82, 2.24) is 9.55 Å². The summed E-state index contributed by atoms with van der Waals surface area (Å²) in [5, 5.41) is 2.77. The molecule has 0 unspecified atom stereocenters. The standard InChI is InChI=1S/C22H19F3N4O2/c1-13-12-29(16-7-5-15(6-8-16)22(23,24)25)21(31)19-17(9-11-28(13)19)20(30)27-18-4-3-10-26-14(18)2/h3-11,13H,12H2,1-2H3,(H,27,30)/t13-/m0/s1. The van der Waals surface area contributed by atoms with Crippen LogP contribution >= 0.6 is 0 Å². The molecule has 0 bridgehead atoms. The summed E-state index contributed by atoms with van der Waals surface area (Å²) in [6, 6.07) is 9.23. The van der Waals surface area contributed by atoms with E-state index in [0.29, 0.717) is 17.1 Å². The molecule has 0 spiro atoms. The third-order valence-corrected chi connectivity index (χ3v) is 5.29. The van der Waals surface area contributed by atoms with Gasteiger partial charge in [0.25, 0.3) is 11.8 Å². The maximum atomic E-state index is 13.2. The van der Waals surface area contributed by atoms with Crippen LogP contribution in [-0.4, -0.2) is 27.9 Å². The van der Waals surface area contributed by atoms with Crippen LogP contribution in [0.25, 0.3) is 0 Å². The second-order valence-corrected chi connectivity index (χ2v) is 7.39. The van der Waals surface area contributed by atoms with Gasteiger partial charge in [-0.15, -0.1) is 0 Å². The number of hydrogen-bond donors (Lipinski definition) is 1. The summed E-state index contributed by atoms with van der Waals surface area (Å²) in [6.07, 6.45) is -1.17. The van der Waals surface area contributed by atoms with Crippen LogP contribution in [0.1, 0.15) is 45.1 Å². The average Bonchev–Trinajstić information content (AvgIpc) is 3.18. The number of anilines is 2. The van der Waals surface area contributed by atoms with Gasteiger partial charge in [-0.1, -0.05) is 0 Å². The molecule has 0 saturated heterocycles. The summed E-state index contributed by atoms with van der Waals surface area (Å²) >= 11 is 0. The predicted octanol–water partition coefficient (Wildman–Crippen LogP) is 4.68. The number of alkyl halides is 3. The highest BCUT2D eigenvalue weighted by Crippen LogP contribution is 2.33. The van der Waals surface area contributed by atoms with Crippen LogP contribution in [-0.2, 0) is 6.18 Å². The molecule has 9 heteroatoms. The van der Waals surface area contributed by atoms with E-state index in [4.69, 9.17) is 0 Å². The number of nitrogens with zero attached hydrogens (tertiary/aromatic N) is 3. The molecular weight excluding hydrogens is 409 g/mol. The van der Waals surface area contributed by atoms with Gasteiger partial charge >= 0.3 is 6.18 Å². The highest BCUT2D eigenvalue weighted by atomic mass is 19.4. The molecule has 3 heterocycles. The Kier molecular flexibility index (Phi) is 5.04. The van der Waals surface area contributed by atoms with Gasteiger partial charge in [0.15, 0.2) is 0 Å².